The second kappa shape index (κ2) is 6.90. The van der Waals surface area contributed by atoms with Crippen molar-refractivity contribution >= 4 is 23.3 Å². The van der Waals surface area contributed by atoms with Crippen LogP contribution in [0, 0.1) is 5.41 Å². The van der Waals surface area contributed by atoms with Crippen LogP contribution >= 0.6 is 11.6 Å². The van der Waals surface area contributed by atoms with Gasteiger partial charge in [-0.3, -0.25) is 4.79 Å². The Morgan fingerprint density at radius 3 is 2.65 bits per heavy atom. The first-order valence-corrected chi connectivity index (χ1v) is 6.87. The number of aliphatic hydroxyl groups excluding tert-OH is 1. The normalized spacial score (nSPS) is 11.3. The Balaban J connectivity index is 2.78. The predicted molar refractivity (Wildman–Crippen MR) is 81.4 cm³/mol. The number of aromatic nitrogens is 1. The molecule has 0 aromatic carbocycles. The molecule has 0 atom stereocenters. The Bertz CT molecular complexity index is 475. The van der Waals surface area contributed by atoms with E-state index in [1.54, 1.807) is 17.0 Å². The summed E-state index contributed by atoms with van der Waals surface area (Å²) in [5.74, 6) is 0.445. The first-order chi connectivity index (χ1) is 9.25. The van der Waals surface area contributed by atoms with Gasteiger partial charge in [0, 0.05) is 32.8 Å². The molecule has 0 saturated carbocycles. The number of halogens is 1. The zero-order valence-electron chi connectivity index (χ0n) is 12.4. The number of nitrogens with one attached hydrogen (secondary N) is 1. The molecule has 0 unspecified atom stereocenters. The molecule has 0 fully saturated rings. The molecule has 112 valence electrons. The number of aliphatic hydroxyl groups is 1. The number of carbonyl (C=O) groups is 1. The number of hydrogen-bond donors (Lipinski definition) is 2. The number of pyridine rings is 1. The van der Waals surface area contributed by atoms with Gasteiger partial charge in [-0.05, 0) is 24.0 Å². The van der Waals surface area contributed by atoms with Crippen LogP contribution < -0.4 is 10.2 Å². The maximum atomic E-state index is 12.1. The molecule has 0 aliphatic carbocycles. The largest absolute Gasteiger partial charge is 0.396 e. The maximum Gasteiger partial charge on any atom is 0.251 e. The lowest BCUT2D eigenvalue weighted by Crippen LogP contribution is -2.34. The summed E-state index contributed by atoms with van der Waals surface area (Å²) < 4.78 is 0. The fourth-order valence-electron chi connectivity index (χ4n) is 1.66. The summed E-state index contributed by atoms with van der Waals surface area (Å²) >= 11 is 5.93. The molecule has 1 aromatic rings. The quantitative estimate of drug-likeness (QED) is 0.788. The standard InChI is InChI=1S/C14H22ClN3O2/c1-14(2,5-6-19)9-16-13(20)10-7-11(15)17-12(8-10)18(3)4/h7-8,19H,5-6,9H2,1-4H3,(H,16,20). The average Bonchev–Trinajstić information content (AvgIpc) is 2.35. The highest BCUT2D eigenvalue weighted by Gasteiger charge is 2.19. The van der Waals surface area contributed by atoms with Crippen LogP contribution in [-0.4, -0.2) is 43.2 Å². The van der Waals surface area contributed by atoms with Gasteiger partial charge in [-0.2, -0.15) is 0 Å². The van der Waals surface area contributed by atoms with E-state index in [-0.39, 0.29) is 23.1 Å². The van der Waals surface area contributed by atoms with Crippen LogP contribution in [0.4, 0.5) is 5.82 Å². The van der Waals surface area contributed by atoms with Crippen molar-refractivity contribution in [3.63, 3.8) is 0 Å². The number of rotatable bonds is 6. The van der Waals surface area contributed by atoms with E-state index in [1.165, 1.54) is 0 Å². The fourth-order valence-corrected chi connectivity index (χ4v) is 1.86. The summed E-state index contributed by atoms with van der Waals surface area (Å²) in [6.45, 7) is 4.58. The summed E-state index contributed by atoms with van der Waals surface area (Å²) in [6.07, 6.45) is 0.632. The minimum atomic E-state index is -0.191. The highest BCUT2D eigenvalue weighted by Crippen LogP contribution is 2.19. The Hall–Kier alpha value is -1.33. The number of amides is 1. The molecule has 1 rings (SSSR count). The van der Waals surface area contributed by atoms with Gasteiger partial charge in [0.25, 0.3) is 5.91 Å². The molecule has 5 nitrogen and oxygen atoms in total. The van der Waals surface area contributed by atoms with Crippen molar-refractivity contribution in [3.05, 3.63) is 22.8 Å². The zero-order valence-corrected chi connectivity index (χ0v) is 13.2. The minimum absolute atomic E-state index is 0.106. The Morgan fingerprint density at radius 1 is 1.45 bits per heavy atom. The van der Waals surface area contributed by atoms with Gasteiger partial charge in [-0.25, -0.2) is 4.98 Å². The molecule has 1 heterocycles. The summed E-state index contributed by atoms with van der Waals surface area (Å²) in [5, 5.41) is 12.1. The number of nitrogens with zero attached hydrogens (tertiary/aromatic N) is 2. The maximum absolute atomic E-state index is 12.1. The van der Waals surface area contributed by atoms with Crippen LogP contribution in [0.1, 0.15) is 30.6 Å². The third-order valence-corrected chi connectivity index (χ3v) is 3.21. The van der Waals surface area contributed by atoms with Crippen molar-refractivity contribution in [2.75, 3.05) is 32.1 Å². The van der Waals surface area contributed by atoms with Gasteiger partial charge in [0.15, 0.2) is 0 Å². The van der Waals surface area contributed by atoms with Crippen molar-refractivity contribution in [1.29, 1.82) is 0 Å². The van der Waals surface area contributed by atoms with Crippen molar-refractivity contribution < 1.29 is 9.90 Å². The molecule has 0 aliphatic rings. The molecule has 1 aromatic heterocycles. The van der Waals surface area contributed by atoms with Crippen molar-refractivity contribution in [2.24, 2.45) is 5.41 Å². The predicted octanol–water partition coefficient (Wildman–Crippen LogP) is 1.94. The molecule has 0 radical (unpaired) electrons. The van der Waals surface area contributed by atoms with E-state index in [0.717, 1.165) is 0 Å². The van der Waals surface area contributed by atoms with Crippen molar-refractivity contribution in [1.82, 2.24) is 10.3 Å². The van der Waals surface area contributed by atoms with Gasteiger partial charge < -0.3 is 15.3 Å². The van der Waals surface area contributed by atoms with Crippen LogP contribution in [0.15, 0.2) is 12.1 Å². The molecule has 0 spiro atoms. The lowest BCUT2D eigenvalue weighted by atomic mass is 9.89. The molecule has 2 N–H and O–H groups in total. The molecule has 0 aliphatic heterocycles. The van der Waals surface area contributed by atoms with Crippen LogP contribution in [0.2, 0.25) is 5.15 Å². The monoisotopic (exact) mass is 299 g/mol. The lowest BCUT2D eigenvalue weighted by Gasteiger charge is -2.24. The number of hydrogen-bond acceptors (Lipinski definition) is 4. The molecular weight excluding hydrogens is 278 g/mol. The summed E-state index contributed by atoms with van der Waals surface area (Å²) in [4.78, 5) is 18.1. The molecule has 0 bridgehead atoms. The van der Waals surface area contributed by atoms with Gasteiger partial charge in [-0.15, -0.1) is 0 Å². The third kappa shape index (κ3) is 4.98. The van der Waals surface area contributed by atoms with E-state index in [0.29, 0.717) is 24.3 Å². The number of carbonyl (C=O) groups excluding carboxylic acids is 1. The number of anilines is 1. The van der Waals surface area contributed by atoms with E-state index < -0.39 is 0 Å². The summed E-state index contributed by atoms with van der Waals surface area (Å²) in [5.41, 5.74) is 0.333. The highest BCUT2D eigenvalue weighted by atomic mass is 35.5. The molecule has 20 heavy (non-hydrogen) atoms. The second-order valence-electron chi connectivity index (χ2n) is 5.75. The molecule has 1 amide bonds. The second-order valence-corrected chi connectivity index (χ2v) is 6.14. The molecule has 0 saturated heterocycles. The first-order valence-electron chi connectivity index (χ1n) is 6.49. The van der Waals surface area contributed by atoms with Crippen LogP contribution in [0.5, 0.6) is 0 Å². The Kier molecular flexibility index (Phi) is 5.77. The summed E-state index contributed by atoms with van der Waals surface area (Å²) in [7, 11) is 3.68. The van der Waals surface area contributed by atoms with Gasteiger partial charge in [0.1, 0.15) is 11.0 Å². The van der Waals surface area contributed by atoms with Crippen molar-refractivity contribution in [2.45, 2.75) is 20.3 Å². The van der Waals surface area contributed by atoms with E-state index in [9.17, 15) is 4.79 Å². The van der Waals surface area contributed by atoms with Crippen LogP contribution in [0.3, 0.4) is 0 Å². The van der Waals surface area contributed by atoms with E-state index >= 15 is 0 Å². The average molecular weight is 300 g/mol. The Labute approximate surface area is 125 Å². The van der Waals surface area contributed by atoms with E-state index in [2.05, 4.69) is 10.3 Å². The molecule has 6 heteroatoms. The van der Waals surface area contributed by atoms with Crippen LogP contribution in [-0.2, 0) is 0 Å². The van der Waals surface area contributed by atoms with E-state index in [4.69, 9.17) is 16.7 Å². The van der Waals surface area contributed by atoms with Crippen LogP contribution in [0.25, 0.3) is 0 Å². The first kappa shape index (κ1) is 16.7. The smallest absolute Gasteiger partial charge is 0.251 e. The van der Waals surface area contributed by atoms with Gasteiger partial charge in [0.2, 0.25) is 0 Å². The topological polar surface area (TPSA) is 65.5 Å². The zero-order chi connectivity index (χ0) is 15.3. The SMILES string of the molecule is CN(C)c1cc(C(=O)NCC(C)(C)CCO)cc(Cl)n1. The van der Waals surface area contributed by atoms with Gasteiger partial charge in [-0.1, -0.05) is 25.4 Å². The van der Waals surface area contributed by atoms with Gasteiger partial charge in [0.05, 0.1) is 0 Å². The van der Waals surface area contributed by atoms with E-state index in [1.807, 2.05) is 27.9 Å². The van der Waals surface area contributed by atoms with Crippen molar-refractivity contribution in [3.8, 4) is 0 Å². The lowest BCUT2D eigenvalue weighted by molar-refractivity contribution is 0.0928. The summed E-state index contributed by atoms with van der Waals surface area (Å²) in [6, 6.07) is 3.24. The van der Waals surface area contributed by atoms with Gasteiger partial charge >= 0.3 is 0 Å². The fraction of sp³-hybridized carbons (Fsp3) is 0.571. The minimum Gasteiger partial charge on any atom is -0.396 e. The Morgan fingerprint density at radius 2 is 2.10 bits per heavy atom. The highest BCUT2D eigenvalue weighted by molar-refractivity contribution is 6.29. The molecular formula is C14H22ClN3O2. The third-order valence-electron chi connectivity index (χ3n) is 3.02.